The van der Waals surface area contributed by atoms with Gasteiger partial charge < -0.3 is 19.8 Å². The maximum atomic E-state index is 13.1. The Bertz CT molecular complexity index is 844. The van der Waals surface area contributed by atoms with E-state index in [4.69, 9.17) is 9.15 Å². The fourth-order valence-corrected chi connectivity index (χ4v) is 4.07. The third kappa shape index (κ3) is 5.88. The van der Waals surface area contributed by atoms with Gasteiger partial charge in [0.1, 0.15) is 11.8 Å². The molecule has 1 aliphatic rings. The molecule has 1 saturated heterocycles. The monoisotopic (exact) mass is 427 g/mol. The van der Waals surface area contributed by atoms with E-state index in [-0.39, 0.29) is 23.6 Å². The van der Waals surface area contributed by atoms with Crippen LogP contribution in [0.2, 0.25) is 0 Å². The van der Waals surface area contributed by atoms with Crippen molar-refractivity contribution in [3.8, 4) is 5.75 Å². The van der Waals surface area contributed by atoms with Gasteiger partial charge in [0, 0.05) is 12.1 Å². The lowest BCUT2D eigenvalue weighted by molar-refractivity contribution is -0.124. The molecule has 1 aromatic carbocycles. The average molecular weight is 428 g/mol. The van der Waals surface area contributed by atoms with E-state index in [2.05, 4.69) is 21.6 Å². The van der Waals surface area contributed by atoms with Crippen LogP contribution in [-0.2, 0) is 4.79 Å². The Balaban J connectivity index is 1.72. The van der Waals surface area contributed by atoms with Crippen molar-refractivity contribution in [2.24, 2.45) is 5.92 Å². The molecule has 7 heteroatoms. The maximum absolute atomic E-state index is 13.1. The Hall–Kier alpha value is -2.80. The molecule has 2 N–H and O–H groups in total. The summed E-state index contributed by atoms with van der Waals surface area (Å²) in [6, 6.07) is 10.5. The van der Waals surface area contributed by atoms with Gasteiger partial charge in [0.05, 0.1) is 19.4 Å². The van der Waals surface area contributed by atoms with Gasteiger partial charge in [-0.2, -0.15) is 0 Å². The molecule has 0 spiro atoms. The van der Waals surface area contributed by atoms with Crippen molar-refractivity contribution in [2.45, 2.75) is 45.2 Å². The Morgan fingerprint density at radius 1 is 1.10 bits per heavy atom. The number of piperidine rings is 1. The van der Waals surface area contributed by atoms with Crippen molar-refractivity contribution < 1.29 is 18.7 Å². The van der Waals surface area contributed by atoms with Crippen LogP contribution in [0.5, 0.6) is 5.75 Å². The summed E-state index contributed by atoms with van der Waals surface area (Å²) in [6.07, 6.45) is 4.96. The topological polar surface area (TPSA) is 83.8 Å². The number of nitrogens with one attached hydrogen (secondary N) is 2. The Morgan fingerprint density at radius 3 is 2.48 bits per heavy atom. The first kappa shape index (κ1) is 22.9. The number of carbonyl (C=O) groups excluding carboxylic acids is 2. The minimum Gasteiger partial charge on any atom is -0.496 e. The molecule has 2 heterocycles. The van der Waals surface area contributed by atoms with Gasteiger partial charge in [-0.1, -0.05) is 38.5 Å². The van der Waals surface area contributed by atoms with Crippen LogP contribution in [0.15, 0.2) is 47.1 Å². The summed E-state index contributed by atoms with van der Waals surface area (Å²) in [6.45, 7) is 6.24. The van der Waals surface area contributed by atoms with E-state index in [1.165, 1.54) is 12.7 Å². The van der Waals surface area contributed by atoms with Crippen LogP contribution >= 0.6 is 0 Å². The molecule has 1 aromatic heterocycles. The largest absolute Gasteiger partial charge is 0.496 e. The van der Waals surface area contributed by atoms with Crippen LogP contribution < -0.4 is 15.4 Å². The zero-order valence-corrected chi connectivity index (χ0v) is 18.6. The van der Waals surface area contributed by atoms with Gasteiger partial charge in [0.2, 0.25) is 5.91 Å². The van der Waals surface area contributed by atoms with Crippen LogP contribution in [0.25, 0.3) is 0 Å². The number of hydrogen-bond acceptors (Lipinski definition) is 5. The fraction of sp³-hybridized carbons (Fsp3) is 0.500. The summed E-state index contributed by atoms with van der Waals surface area (Å²) in [7, 11) is 1.67. The lowest BCUT2D eigenvalue weighted by Crippen LogP contribution is -2.51. The molecule has 168 valence electrons. The molecule has 0 saturated carbocycles. The number of ether oxygens (including phenoxy) is 1. The molecule has 2 aromatic rings. The average Bonchev–Trinajstić information content (AvgIpc) is 3.33. The van der Waals surface area contributed by atoms with E-state index < -0.39 is 11.9 Å². The molecule has 2 atom stereocenters. The van der Waals surface area contributed by atoms with Crippen molar-refractivity contribution in [3.63, 3.8) is 0 Å². The first-order chi connectivity index (χ1) is 15.0. The number of furan rings is 1. The second-order valence-corrected chi connectivity index (χ2v) is 8.27. The number of hydrogen-bond donors (Lipinski definition) is 2. The molecule has 2 amide bonds. The minimum atomic E-state index is -0.655. The number of benzene rings is 1. The van der Waals surface area contributed by atoms with Crippen LogP contribution in [-0.4, -0.2) is 49.5 Å². The number of carbonyl (C=O) groups is 2. The normalized spacial score (nSPS) is 16.5. The highest BCUT2D eigenvalue weighted by atomic mass is 16.5. The molecule has 3 rings (SSSR count). The predicted molar refractivity (Wildman–Crippen MR) is 119 cm³/mol. The summed E-state index contributed by atoms with van der Waals surface area (Å²) >= 11 is 0. The molecule has 7 nitrogen and oxygen atoms in total. The lowest BCUT2D eigenvalue weighted by Gasteiger charge is -2.36. The van der Waals surface area contributed by atoms with Gasteiger partial charge in [0.25, 0.3) is 5.91 Å². The highest BCUT2D eigenvalue weighted by Crippen LogP contribution is 2.31. The number of amides is 2. The standard InChI is InChI=1S/C24H33N3O4/c1-17(2)22(26-23(28)21-12-9-15-31-21)24(29)25-16-19(27-13-7-4-8-14-27)18-10-5-6-11-20(18)30-3/h5-6,9-12,15,17,19,22H,4,7-8,13-14,16H2,1-3H3,(H,25,29)(H,26,28). The SMILES string of the molecule is COc1ccccc1C(CNC(=O)C(NC(=O)c1ccco1)C(C)C)N1CCCCC1. The second-order valence-electron chi connectivity index (χ2n) is 8.27. The van der Waals surface area contributed by atoms with Crippen molar-refractivity contribution in [2.75, 3.05) is 26.7 Å². The molecule has 0 bridgehead atoms. The number of para-hydroxylation sites is 1. The highest BCUT2D eigenvalue weighted by molar-refractivity contribution is 5.95. The van der Waals surface area contributed by atoms with Crippen molar-refractivity contribution in [1.82, 2.24) is 15.5 Å². The zero-order chi connectivity index (χ0) is 22.2. The first-order valence-electron chi connectivity index (χ1n) is 11.0. The van der Waals surface area contributed by atoms with Crippen molar-refractivity contribution in [1.29, 1.82) is 0 Å². The quantitative estimate of drug-likeness (QED) is 0.641. The van der Waals surface area contributed by atoms with Crippen molar-refractivity contribution in [3.05, 3.63) is 54.0 Å². The summed E-state index contributed by atoms with van der Waals surface area (Å²) in [5, 5.41) is 5.88. The van der Waals surface area contributed by atoms with E-state index in [1.54, 1.807) is 19.2 Å². The number of methoxy groups -OCH3 is 1. The van der Waals surface area contributed by atoms with E-state index in [9.17, 15) is 9.59 Å². The van der Waals surface area contributed by atoms with Crippen LogP contribution in [0, 0.1) is 5.92 Å². The van der Waals surface area contributed by atoms with Crippen LogP contribution in [0.4, 0.5) is 0 Å². The third-order valence-electron chi connectivity index (χ3n) is 5.78. The van der Waals surface area contributed by atoms with E-state index in [0.29, 0.717) is 6.54 Å². The summed E-state index contributed by atoms with van der Waals surface area (Å²) < 4.78 is 10.7. The fourth-order valence-electron chi connectivity index (χ4n) is 4.07. The second kappa shape index (κ2) is 11.0. The molecular formula is C24H33N3O4. The van der Waals surface area contributed by atoms with Gasteiger partial charge >= 0.3 is 0 Å². The first-order valence-corrected chi connectivity index (χ1v) is 11.0. The summed E-state index contributed by atoms with van der Waals surface area (Å²) in [4.78, 5) is 27.9. The van der Waals surface area contributed by atoms with E-state index in [0.717, 1.165) is 37.2 Å². The Kier molecular flexibility index (Phi) is 8.12. The Labute approximate surface area is 184 Å². The molecule has 1 fully saturated rings. The van der Waals surface area contributed by atoms with Gasteiger partial charge in [-0.05, 0) is 50.0 Å². The lowest BCUT2D eigenvalue weighted by atomic mass is 9.99. The maximum Gasteiger partial charge on any atom is 0.287 e. The van der Waals surface area contributed by atoms with Crippen molar-refractivity contribution >= 4 is 11.8 Å². The molecule has 31 heavy (non-hydrogen) atoms. The third-order valence-corrected chi connectivity index (χ3v) is 5.78. The summed E-state index contributed by atoms with van der Waals surface area (Å²) in [5.74, 6) is 0.346. The summed E-state index contributed by atoms with van der Waals surface area (Å²) in [5.41, 5.74) is 1.06. The molecular weight excluding hydrogens is 394 g/mol. The van der Waals surface area contributed by atoms with Gasteiger partial charge in [-0.15, -0.1) is 0 Å². The highest BCUT2D eigenvalue weighted by Gasteiger charge is 2.29. The Morgan fingerprint density at radius 2 is 1.84 bits per heavy atom. The zero-order valence-electron chi connectivity index (χ0n) is 18.6. The minimum absolute atomic E-state index is 0.00832. The van der Waals surface area contributed by atoms with Crippen LogP contribution in [0.1, 0.15) is 55.3 Å². The van der Waals surface area contributed by atoms with Crippen LogP contribution in [0.3, 0.4) is 0 Å². The van der Waals surface area contributed by atoms with Gasteiger partial charge in [0.15, 0.2) is 5.76 Å². The number of nitrogens with zero attached hydrogens (tertiary/aromatic N) is 1. The molecule has 0 aliphatic carbocycles. The van der Waals surface area contributed by atoms with Gasteiger partial charge in [-0.25, -0.2) is 0 Å². The smallest absolute Gasteiger partial charge is 0.287 e. The molecule has 2 unspecified atom stereocenters. The van der Waals surface area contributed by atoms with E-state index in [1.807, 2.05) is 32.0 Å². The predicted octanol–water partition coefficient (Wildman–Crippen LogP) is 3.39. The molecule has 1 aliphatic heterocycles. The number of rotatable bonds is 9. The number of likely N-dealkylation sites (tertiary alicyclic amines) is 1. The molecule has 0 radical (unpaired) electrons. The van der Waals surface area contributed by atoms with Gasteiger partial charge in [-0.3, -0.25) is 14.5 Å². The van der Waals surface area contributed by atoms with E-state index >= 15 is 0 Å².